The van der Waals surface area contributed by atoms with Gasteiger partial charge >= 0.3 is 0 Å². The monoisotopic (exact) mass is 316 g/mol. The van der Waals surface area contributed by atoms with E-state index in [-0.39, 0.29) is 10.8 Å². The molecular weight excluding hydrogens is 284 g/mol. The van der Waals surface area contributed by atoms with E-state index in [4.69, 9.17) is 0 Å². The van der Waals surface area contributed by atoms with Crippen molar-refractivity contribution >= 4 is 10.0 Å². The van der Waals surface area contributed by atoms with Crippen molar-refractivity contribution < 1.29 is 8.42 Å². The molecule has 21 heavy (non-hydrogen) atoms. The first-order valence-corrected chi connectivity index (χ1v) is 9.99. The van der Waals surface area contributed by atoms with Crippen molar-refractivity contribution in [2.45, 2.75) is 72.5 Å². The molecule has 1 saturated carbocycles. The topological polar surface area (TPSA) is 49.4 Å². The largest absolute Gasteiger partial charge is 0.293 e. The van der Waals surface area contributed by atoms with E-state index in [2.05, 4.69) is 51.2 Å². The minimum atomic E-state index is -3.10. The van der Waals surface area contributed by atoms with Crippen LogP contribution in [-0.4, -0.2) is 44.2 Å². The Kier molecular flexibility index (Phi) is 4.27. The van der Waals surface area contributed by atoms with Gasteiger partial charge in [0, 0.05) is 30.1 Å². The van der Waals surface area contributed by atoms with E-state index in [0.29, 0.717) is 30.6 Å². The molecule has 0 aromatic carbocycles. The molecule has 124 valence electrons. The highest BCUT2D eigenvalue weighted by Crippen LogP contribution is 2.62. The average molecular weight is 317 g/mol. The number of nitrogens with one attached hydrogen (secondary N) is 1. The first-order valence-electron chi connectivity index (χ1n) is 8.09. The Morgan fingerprint density at radius 1 is 1.24 bits per heavy atom. The molecule has 0 bridgehead atoms. The highest BCUT2D eigenvalue weighted by molar-refractivity contribution is 7.88. The van der Waals surface area contributed by atoms with Gasteiger partial charge in [0.05, 0.1) is 6.26 Å². The molecule has 0 aromatic heterocycles. The van der Waals surface area contributed by atoms with E-state index in [9.17, 15) is 8.42 Å². The number of nitrogens with zero attached hydrogens (tertiary/aromatic N) is 1. The fraction of sp³-hybridized carbons (Fsp3) is 1.00. The van der Waals surface area contributed by atoms with Gasteiger partial charge in [-0.3, -0.25) is 4.90 Å². The average Bonchev–Trinajstić information content (AvgIpc) is 2.90. The Bertz CT molecular complexity index is 495. The molecule has 2 aliphatic rings. The number of hydrogen-bond donors (Lipinski definition) is 1. The lowest BCUT2D eigenvalue weighted by Crippen LogP contribution is -2.48. The zero-order valence-corrected chi connectivity index (χ0v) is 15.4. The fourth-order valence-electron chi connectivity index (χ4n) is 3.88. The van der Waals surface area contributed by atoms with Crippen molar-refractivity contribution in [2.75, 3.05) is 12.8 Å². The smallest absolute Gasteiger partial charge is 0.208 e. The molecule has 4 nitrogen and oxygen atoms in total. The summed E-state index contributed by atoms with van der Waals surface area (Å²) >= 11 is 0. The van der Waals surface area contributed by atoms with Gasteiger partial charge in [0.1, 0.15) is 0 Å². The molecule has 4 atom stereocenters. The molecule has 1 aliphatic carbocycles. The molecule has 0 amide bonds. The van der Waals surface area contributed by atoms with Crippen molar-refractivity contribution in [2.24, 2.45) is 16.7 Å². The number of likely N-dealkylation sites (tertiary alicyclic amines) is 1. The third kappa shape index (κ3) is 3.45. The van der Waals surface area contributed by atoms with Crippen molar-refractivity contribution in [1.82, 2.24) is 9.62 Å². The predicted octanol–water partition coefficient (Wildman–Crippen LogP) is 2.46. The molecule has 1 saturated heterocycles. The van der Waals surface area contributed by atoms with Gasteiger partial charge in [0.25, 0.3) is 0 Å². The predicted molar refractivity (Wildman–Crippen MR) is 87.7 cm³/mol. The summed E-state index contributed by atoms with van der Waals surface area (Å²) in [6.45, 7) is 14.4. The molecule has 0 aromatic rings. The number of sulfonamides is 1. The van der Waals surface area contributed by atoms with Gasteiger partial charge < -0.3 is 0 Å². The lowest BCUT2D eigenvalue weighted by Gasteiger charge is -2.42. The summed E-state index contributed by atoms with van der Waals surface area (Å²) in [5.41, 5.74) is 0.402. The van der Waals surface area contributed by atoms with Crippen molar-refractivity contribution in [3.63, 3.8) is 0 Å². The van der Waals surface area contributed by atoms with Crippen LogP contribution in [-0.2, 0) is 10.0 Å². The second kappa shape index (κ2) is 5.20. The zero-order valence-electron chi connectivity index (χ0n) is 14.6. The quantitative estimate of drug-likeness (QED) is 0.847. The third-order valence-corrected chi connectivity index (χ3v) is 6.26. The SMILES string of the molecule is CC(C)C(C)N1C2C[C@]2(CNS(C)(=O)=O)C[C@H]1C(C)(C)C. The minimum Gasteiger partial charge on any atom is -0.293 e. The van der Waals surface area contributed by atoms with Crippen LogP contribution >= 0.6 is 0 Å². The molecule has 1 N–H and O–H groups in total. The lowest BCUT2D eigenvalue weighted by atomic mass is 9.81. The van der Waals surface area contributed by atoms with Gasteiger partial charge in [-0.1, -0.05) is 34.6 Å². The van der Waals surface area contributed by atoms with E-state index >= 15 is 0 Å². The molecule has 5 heteroatoms. The molecule has 2 rings (SSSR count). The van der Waals surface area contributed by atoms with Crippen molar-refractivity contribution in [3.05, 3.63) is 0 Å². The Morgan fingerprint density at radius 2 is 1.81 bits per heavy atom. The first-order chi connectivity index (χ1) is 9.37. The Labute approximate surface area is 130 Å². The van der Waals surface area contributed by atoms with Gasteiger partial charge in [-0.05, 0) is 31.1 Å². The summed E-state index contributed by atoms with van der Waals surface area (Å²) in [5, 5.41) is 0. The Hall–Kier alpha value is -0.130. The highest BCUT2D eigenvalue weighted by atomic mass is 32.2. The van der Waals surface area contributed by atoms with Crippen molar-refractivity contribution in [1.29, 1.82) is 0 Å². The molecular formula is C16H32N2O2S. The standard InChI is InChI=1S/C16H32N2O2S/c1-11(2)12(3)18-13(15(4,5)6)8-16(9-14(16)18)10-17-21(7,19)20/h11-14,17H,8-10H2,1-7H3/t12?,13-,14?,16-/m0/s1. The maximum absolute atomic E-state index is 11.4. The van der Waals surface area contributed by atoms with Crippen LogP contribution in [0.2, 0.25) is 0 Å². The number of fused-ring (bicyclic) bond motifs is 1. The van der Waals surface area contributed by atoms with Gasteiger partial charge in [0.15, 0.2) is 0 Å². The maximum Gasteiger partial charge on any atom is 0.208 e. The molecule has 1 aliphatic heterocycles. The fourth-order valence-corrected chi connectivity index (χ4v) is 4.43. The second-order valence-corrected chi connectivity index (χ2v) is 10.5. The van der Waals surface area contributed by atoms with E-state index < -0.39 is 10.0 Å². The Morgan fingerprint density at radius 3 is 2.24 bits per heavy atom. The van der Waals surface area contributed by atoms with E-state index in [1.165, 1.54) is 6.26 Å². The summed E-state index contributed by atoms with van der Waals surface area (Å²) in [7, 11) is -3.10. The van der Waals surface area contributed by atoms with E-state index in [1.54, 1.807) is 0 Å². The first kappa shape index (κ1) is 17.2. The second-order valence-electron chi connectivity index (χ2n) is 8.69. The van der Waals surface area contributed by atoms with Crippen LogP contribution in [0.15, 0.2) is 0 Å². The Balaban J connectivity index is 2.18. The van der Waals surface area contributed by atoms with Gasteiger partial charge in [-0.2, -0.15) is 0 Å². The third-order valence-electron chi connectivity index (χ3n) is 5.59. The van der Waals surface area contributed by atoms with Crippen LogP contribution in [0.25, 0.3) is 0 Å². The van der Waals surface area contributed by atoms with Crippen LogP contribution in [0, 0.1) is 16.7 Å². The summed E-state index contributed by atoms with van der Waals surface area (Å²) in [5.74, 6) is 0.620. The van der Waals surface area contributed by atoms with E-state index in [1.807, 2.05) is 0 Å². The highest BCUT2D eigenvalue weighted by Gasteiger charge is 2.66. The van der Waals surface area contributed by atoms with Gasteiger partial charge in [-0.25, -0.2) is 13.1 Å². The summed E-state index contributed by atoms with van der Waals surface area (Å²) in [6.07, 6.45) is 3.51. The molecule has 2 fully saturated rings. The van der Waals surface area contributed by atoms with Crippen LogP contribution < -0.4 is 4.72 Å². The molecule has 0 radical (unpaired) electrons. The van der Waals surface area contributed by atoms with Crippen LogP contribution in [0.1, 0.15) is 54.4 Å². The van der Waals surface area contributed by atoms with Crippen LogP contribution in [0.4, 0.5) is 0 Å². The number of rotatable bonds is 5. The lowest BCUT2D eigenvalue weighted by molar-refractivity contribution is 0.0604. The zero-order chi connectivity index (χ0) is 16.2. The number of hydrogen-bond acceptors (Lipinski definition) is 3. The maximum atomic E-state index is 11.4. The van der Waals surface area contributed by atoms with Gasteiger partial charge in [0.2, 0.25) is 10.0 Å². The molecule has 2 unspecified atom stereocenters. The van der Waals surface area contributed by atoms with Crippen LogP contribution in [0.5, 0.6) is 0 Å². The van der Waals surface area contributed by atoms with Crippen molar-refractivity contribution in [3.8, 4) is 0 Å². The summed E-state index contributed by atoms with van der Waals surface area (Å²) in [6, 6.07) is 1.63. The summed E-state index contributed by atoms with van der Waals surface area (Å²) in [4.78, 5) is 2.69. The van der Waals surface area contributed by atoms with E-state index in [0.717, 1.165) is 12.8 Å². The van der Waals surface area contributed by atoms with Gasteiger partial charge in [-0.15, -0.1) is 0 Å². The van der Waals surface area contributed by atoms with Crippen LogP contribution in [0.3, 0.4) is 0 Å². The summed E-state index contributed by atoms with van der Waals surface area (Å²) < 4.78 is 25.6. The molecule has 0 spiro atoms. The number of piperidine rings is 1. The minimum absolute atomic E-state index is 0.171. The molecule has 1 heterocycles. The normalized spacial score (nSPS) is 35.0.